The number of rotatable bonds is 4. The Labute approximate surface area is 101 Å². The predicted octanol–water partition coefficient (Wildman–Crippen LogP) is 2.08. The van der Waals surface area contributed by atoms with Crippen LogP contribution in [-0.4, -0.2) is 34.6 Å². The van der Waals surface area contributed by atoms with Gasteiger partial charge in [0.2, 0.25) is 0 Å². The number of hydrogen-bond donors (Lipinski definition) is 1. The Morgan fingerprint density at radius 3 is 3.06 bits per heavy atom. The van der Waals surface area contributed by atoms with Crippen molar-refractivity contribution in [3.63, 3.8) is 0 Å². The van der Waals surface area contributed by atoms with Crippen LogP contribution in [0.5, 0.6) is 0 Å². The molecule has 1 aliphatic heterocycles. The van der Waals surface area contributed by atoms with Gasteiger partial charge in [-0.3, -0.25) is 0 Å². The van der Waals surface area contributed by atoms with Crippen LogP contribution in [0.3, 0.4) is 0 Å². The molecule has 0 bridgehead atoms. The van der Waals surface area contributed by atoms with E-state index in [0.717, 1.165) is 23.8 Å². The van der Waals surface area contributed by atoms with Gasteiger partial charge in [-0.1, -0.05) is 6.92 Å². The van der Waals surface area contributed by atoms with Gasteiger partial charge in [0.15, 0.2) is 0 Å². The summed E-state index contributed by atoms with van der Waals surface area (Å²) in [6, 6.07) is 0. The second-order valence-corrected chi connectivity index (χ2v) is 5.73. The molecule has 1 N–H and O–H groups in total. The van der Waals surface area contributed by atoms with Crippen LogP contribution in [0.4, 0.5) is 0 Å². The van der Waals surface area contributed by atoms with Gasteiger partial charge in [0.05, 0.1) is 16.0 Å². The number of aliphatic hydroxyl groups is 1. The van der Waals surface area contributed by atoms with Gasteiger partial charge < -0.3 is 10.0 Å². The van der Waals surface area contributed by atoms with Gasteiger partial charge in [-0.05, 0) is 32.4 Å². The average Bonchev–Trinajstić information content (AvgIpc) is 2.87. The Morgan fingerprint density at radius 1 is 1.69 bits per heavy atom. The van der Waals surface area contributed by atoms with Crippen molar-refractivity contribution >= 4 is 11.3 Å². The zero-order valence-electron chi connectivity index (χ0n) is 10.0. The summed E-state index contributed by atoms with van der Waals surface area (Å²) < 4.78 is 0. The first kappa shape index (κ1) is 12.0. The maximum absolute atomic E-state index is 9.44. The normalized spacial score (nSPS) is 23.8. The van der Waals surface area contributed by atoms with Gasteiger partial charge in [-0.15, -0.1) is 11.3 Å². The quantitative estimate of drug-likeness (QED) is 0.875. The van der Waals surface area contributed by atoms with Crippen LogP contribution in [0, 0.1) is 5.92 Å². The van der Waals surface area contributed by atoms with Crippen molar-refractivity contribution in [3.05, 3.63) is 16.1 Å². The highest BCUT2D eigenvalue weighted by atomic mass is 32.1. The third-order valence-electron chi connectivity index (χ3n) is 3.26. The highest BCUT2D eigenvalue weighted by Gasteiger charge is 2.22. The van der Waals surface area contributed by atoms with E-state index in [1.54, 1.807) is 18.3 Å². The number of aliphatic hydroxyl groups excluding tert-OH is 1. The van der Waals surface area contributed by atoms with Gasteiger partial charge in [0.1, 0.15) is 0 Å². The van der Waals surface area contributed by atoms with E-state index < -0.39 is 0 Å². The molecule has 0 spiro atoms. The monoisotopic (exact) mass is 240 g/mol. The lowest BCUT2D eigenvalue weighted by Crippen LogP contribution is -2.20. The van der Waals surface area contributed by atoms with Gasteiger partial charge in [-0.25, -0.2) is 4.98 Å². The summed E-state index contributed by atoms with van der Waals surface area (Å²) in [4.78, 5) is 7.87. The molecule has 1 aliphatic rings. The largest absolute Gasteiger partial charge is 0.388 e. The molecule has 1 aromatic heterocycles. The number of thiazole rings is 1. The van der Waals surface area contributed by atoms with Crippen molar-refractivity contribution in [2.24, 2.45) is 5.92 Å². The highest BCUT2D eigenvalue weighted by Crippen LogP contribution is 2.25. The topological polar surface area (TPSA) is 36.4 Å². The van der Waals surface area contributed by atoms with E-state index in [1.807, 2.05) is 6.20 Å². The van der Waals surface area contributed by atoms with E-state index in [0.29, 0.717) is 0 Å². The molecule has 0 aliphatic carbocycles. The molecule has 0 aromatic carbocycles. The molecule has 16 heavy (non-hydrogen) atoms. The number of likely N-dealkylation sites (tertiary alicyclic amines) is 1. The van der Waals surface area contributed by atoms with Crippen LogP contribution >= 0.6 is 11.3 Å². The maximum Gasteiger partial charge on any atom is 0.0931 e. The van der Waals surface area contributed by atoms with Crippen LogP contribution in [-0.2, 0) is 6.42 Å². The summed E-state index contributed by atoms with van der Waals surface area (Å²) in [7, 11) is 0. The van der Waals surface area contributed by atoms with Crippen molar-refractivity contribution in [2.45, 2.75) is 32.8 Å². The first-order valence-corrected chi connectivity index (χ1v) is 6.85. The van der Waals surface area contributed by atoms with Crippen molar-refractivity contribution in [1.82, 2.24) is 9.88 Å². The molecule has 3 nitrogen and oxygen atoms in total. The summed E-state index contributed by atoms with van der Waals surface area (Å²) in [6.07, 6.45) is 3.81. The van der Waals surface area contributed by atoms with E-state index in [1.165, 1.54) is 24.5 Å². The first-order chi connectivity index (χ1) is 7.69. The van der Waals surface area contributed by atoms with Crippen LogP contribution < -0.4 is 0 Å². The summed E-state index contributed by atoms with van der Waals surface area (Å²) in [5.74, 6) is 0.757. The molecule has 2 atom stereocenters. The van der Waals surface area contributed by atoms with E-state index in [-0.39, 0.29) is 6.10 Å². The minimum Gasteiger partial charge on any atom is -0.388 e. The summed E-state index contributed by atoms with van der Waals surface area (Å²) >= 11 is 1.66. The minimum absolute atomic E-state index is 0.373. The fourth-order valence-electron chi connectivity index (χ4n) is 2.23. The van der Waals surface area contributed by atoms with E-state index in [4.69, 9.17) is 0 Å². The first-order valence-electron chi connectivity index (χ1n) is 6.04. The predicted molar refractivity (Wildman–Crippen MR) is 66.7 cm³/mol. The molecule has 0 amide bonds. The molecule has 0 saturated carbocycles. The molecule has 90 valence electrons. The zero-order chi connectivity index (χ0) is 11.5. The third-order valence-corrected chi connectivity index (χ3v) is 4.45. The fourth-order valence-corrected chi connectivity index (χ4v) is 3.20. The van der Waals surface area contributed by atoms with Crippen LogP contribution in [0.25, 0.3) is 0 Å². The second kappa shape index (κ2) is 5.25. The summed E-state index contributed by atoms with van der Waals surface area (Å²) in [5, 5.41) is 10.6. The number of nitrogens with zero attached hydrogens (tertiary/aromatic N) is 2. The molecule has 1 fully saturated rings. The molecular weight excluding hydrogens is 220 g/mol. The standard InChI is InChI=1S/C12H20N2OS/c1-3-14-5-4-10(8-14)6-12-13-7-11(16-12)9(2)15/h7,9-10,15H,3-6,8H2,1-2H3. The Hall–Kier alpha value is -0.450. The lowest BCUT2D eigenvalue weighted by atomic mass is 10.1. The van der Waals surface area contributed by atoms with Crippen molar-refractivity contribution in [2.75, 3.05) is 19.6 Å². The second-order valence-electron chi connectivity index (χ2n) is 4.58. The molecule has 2 rings (SSSR count). The van der Waals surface area contributed by atoms with E-state index in [2.05, 4.69) is 16.8 Å². The Morgan fingerprint density at radius 2 is 2.50 bits per heavy atom. The SMILES string of the molecule is CCN1CCC(Cc2ncc(C(C)O)s2)C1. The maximum atomic E-state index is 9.44. The van der Waals surface area contributed by atoms with Gasteiger partial charge in [-0.2, -0.15) is 0 Å². The molecule has 2 unspecified atom stereocenters. The van der Waals surface area contributed by atoms with Crippen molar-refractivity contribution in [3.8, 4) is 0 Å². The number of hydrogen-bond acceptors (Lipinski definition) is 4. The van der Waals surface area contributed by atoms with E-state index in [9.17, 15) is 5.11 Å². The third kappa shape index (κ3) is 2.81. The lowest BCUT2D eigenvalue weighted by Gasteiger charge is -2.11. The smallest absolute Gasteiger partial charge is 0.0931 e. The highest BCUT2D eigenvalue weighted by molar-refractivity contribution is 7.11. The van der Waals surface area contributed by atoms with Crippen LogP contribution in [0.15, 0.2) is 6.20 Å². The Bertz CT molecular complexity index is 338. The molecule has 0 radical (unpaired) electrons. The van der Waals surface area contributed by atoms with Gasteiger partial charge in [0.25, 0.3) is 0 Å². The lowest BCUT2D eigenvalue weighted by molar-refractivity contribution is 0.203. The Balaban J connectivity index is 1.89. The van der Waals surface area contributed by atoms with Crippen molar-refractivity contribution in [1.29, 1.82) is 0 Å². The molecule has 1 saturated heterocycles. The van der Waals surface area contributed by atoms with Crippen LogP contribution in [0.1, 0.15) is 36.3 Å². The summed E-state index contributed by atoms with van der Waals surface area (Å²) in [5.41, 5.74) is 0. The Kier molecular flexibility index (Phi) is 3.95. The van der Waals surface area contributed by atoms with Crippen LogP contribution in [0.2, 0.25) is 0 Å². The molecular formula is C12H20N2OS. The fraction of sp³-hybridized carbons (Fsp3) is 0.750. The molecule has 2 heterocycles. The average molecular weight is 240 g/mol. The zero-order valence-corrected chi connectivity index (χ0v) is 10.8. The van der Waals surface area contributed by atoms with Gasteiger partial charge >= 0.3 is 0 Å². The number of aromatic nitrogens is 1. The molecule has 1 aromatic rings. The summed E-state index contributed by atoms with van der Waals surface area (Å²) in [6.45, 7) is 7.62. The molecule has 4 heteroatoms. The van der Waals surface area contributed by atoms with Crippen molar-refractivity contribution < 1.29 is 5.11 Å². The van der Waals surface area contributed by atoms with E-state index >= 15 is 0 Å². The van der Waals surface area contributed by atoms with Gasteiger partial charge in [0, 0.05) is 19.2 Å². The minimum atomic E-state index is -0.373.